The molecular weight excluding hydrogens is 350 g/mol. The Bertz CT molecular complexity index is 1230. The van der Waals surface area contributed by atoms with E-state index in [1.54, 1.807) is 12.3 Å². The first-order valence-electron chi connectivity index (χ1n) is 8.35. The van der Waals surface area contributed by atoms with Gasteiger partial charge in [0.25, 0.3) is 5.91 Å². The van der Waals surface area contributed by atoms with Crippen molar-refractivity contribution in [1.82, 2.24) is 9.55 Å². The van der Waals surface area contributed by atoms with Crippen molar-refractivity contribution in [3.8, 4) is 17.1 Å². The Morgan fingerprint density at radius 1 is 1.00 bits per heavy atom. The summed E-state index contributed by atoms with van der Waals surface area (Å²) >= 11 is 0. The van der Waals surface area contributed by atoms with Gasteiger partial charge in [0.05, 0.1) is 11.2 Å². The highest BCUT2D eigenvalue weighted by molar-refractivity contribution is 6.13. The standard InChI is InChI=1S/C21H12F2N2O2/c22-14-8-7-12(10-15(14)23)11-27-20-13-4-1-2-5-16(13)24-19-17-6-3-9-25(17)21(26)18(19)20/h1-10H,11H2. The summed E-state index contributed by atoms with van der Waals surface area (Å²) in [6.07, 6.45) is 1.68. The highest BCUT2D eigenvalue weighted by Gasteiger charge is 2.32. The van der Waals surface area contributed by atoms with Crippen molar-refractivity contribution in [2.45, 2.75) is 6.61 Å². The number of halogens is 2. The number of benzene rings is 2. The van der Waals surface area contributed by atoms with E-state index in [2.05, 4.69) is 4.98 Å². The third-order valence-corrected chi connectivity index (χ3v) is 4.64. The fourth-order valence-electron chi connectivity index (χ4n) is 3.37. The van der Waals surface area contributed by atoms with Crippen molar-refractivity contribution >= 4 is 16.8 Å². The fraction of sp³-hybridized carbons (Fsp3) is 0.0476. The van der Waals surface area contributed by atoms with Crippen molar-refractivity contribution in [3.05, 3.63) is 83.6 Å². The van der Waals surface area contributed by atoms with Crippen LogP contribution < -0.4 is 4.74 Å². The number of pyridine rings is 1. The lowest BCUT2D eigenvalue weighted by Crippen LogP contribution is -2.08. The highest BCUT2D eigenvalue weighted by atomic mass is 19.2. The van der Waals surface area contributed by atoms with E-state index in [0.29, 0.717) is 39.2 Å². The molecule has 3 heterocycles. The summed E-state index contributed by atoms with van der Waals surface area (Å²) in [5.41, 5.74) is 2.81. The predicted molar refractivity (Wildman–Crippen MR) is 95.6 cm³/mol. The molecule has 0 N–H and O–H groups in total. The molecule has 4 aromatic rings. The van der Waals surface area contributed by atoms with Gasteiger partial charge in [-0.1, -0.05) is 18.2 Å². The van der Waals surface area contributed by atoms with E-state index in [-0.39, 0.29) is 12.5 Å². The molecule has 2 aromatic heterocycles. The second-order valence-corrected chi connectivity index (χ2v) is 6.29. The number of aromatic nitrogens is 2. The minimum atomic E-state index is -0.937. The van der Waals surface area contributed by atoms with Crippen LogP contribution in [0.2, 0.25) is 0 Å². The number of ether oxygens (including phenoxy) is 1. The van der Waals surface area contributed by atoms with E-state index in [1.807, 2.05) is 30.3 Å². The summed E-state index contributed by atoms with van der Waals surface area (Å²) in [5.74, 6) is -1.67. The minimum Gasteiger partial charge on any atom is -0.487 e. The topological polar surface area (TPSA) is 44.1 Å². The van der Waals surface area contributed by atoms with Crippen LogP contribution >= 0.6 is 0 Å². The van der Waals surface area contributed by atoms with E-state index < -0.39 is 11.6 Å². The average molecular weight is 362 g/mol. The maximum atomic E-state index is 13.5. The van der Waals surface area contributed by atoms with Crippen LogP contribution in [0.5, 0.6) is 5.75 Å². The molecule has 1 aliphatic rings. The van der Waals surface area contributed by atoms with E-state index in [1.165, 1.54) is 10.6 Å². The third kappa shape index (κ3) is 2.33. The van der Waals surface area contributed by atoms with Gasteiger partial charge in [0.2, 0.25) is 0 Å². The SMILES string of the molecule is O=C1c2c(nc3ccccc3c2OCc2ccc(F)c(F)c2)-c2cccn21. The lowest BCUT2D eigenvalue weighted by molar-refractivity contribution is 0.0965. The van der Waals surface area contributed by atoms with Gasteiger partial charge in [-0.05, 0) is 42.0 Å². The van der Waals surface area contributed by atoms with Crippen LogP contribution in [0.1, 0.15) is 15.9 Å². The van der Waals surface area contributed by atoms with Crippen LogP contribution in [0.25, 0.3) is 22.3 Å². The van der Waals surface area contributed by atoms with Gasteiger partial charge in [-0.15, -0.1) is 0 Å². The van der Waals surface area contributed by atoms with Crippen LogP contribution in [0, 0.1) is 11.6 Å². The fourth-order valence-corrected chi connectivity index (χ4v) is 3.37. The largest absolute Gasteiger partial charge is 0.487 e. The van der Waals surface area contributed by atoms with Gasteiger partial charge in [-0.2, -0.15) is 0 Å². The second-order valence-electron chi connectivity index (χ2n) is 6.29. The summed E-state index contributed by atoms with van der Waals surface area (Å²) in [5, 5.41) is 0.693. The number of rotatable bonds is 3. The van der Waals surface area contributed by atoms with Gasteiger partial charge in [-0.25, -0.2) is 13.8 Å². The zero-order valence-electron chi connectivity index (χ0n) is 13.9. The molecule has 0 aliphatic carbocycles. The monoisotopic (exact) mass is 362 g/mol. The van der Waals surface area contributed by atoms with Crippen molar-refractivity contribution in [1.29, 1.82) is 0 Å². The molecule has 0 radical (unpaired) electrons. The quantitative estimate of drug-likeness (QED) is 0.472. The Morgan fingerprint density at radius 2 is 1.85 bits per heavy atom. The van der Waals surface area contributed by atoms with Crippen LogP contribution in [-0.2, 0) is 6.61 Å². The van der Waals surface area contributed by atoms with E-state index in [0.717, 1.165) is 12.1 Å². The molecule has 0 unspecified atom stereocenters. The summed E-state index contributed by atoms with van der Waals surface area (Å²) in [6, 6.07) is 14.6. The molecule has 0 fully saturated rings. The number of nitrogens with zero attached hydrogens (tertiary/aromatic N) is 2. The number of carbonyl (C=O) groups is 1. The first-order chi connectivity index (χ1) is 13.1. The van der Waals surface area contributed by atoms with Crippen molar-refractivity contribution in [3.63, 3.8) is 0 Å². The highest BCUT2D eigenvalue weighted by Crippen LogP contribution is 2.40. The number of fused-ring (bicyclic) bond motifs is 4. The lowest BCUT2D eigenvalue weighted by Gasteiger charge is -2.13. The average Bonchev–Trinajstić information content (AvgIpc) is 3.25. The van der Waals surface area contributed by atoms with E-state index in [4.69, 9.17) is 4.74 Å². The molecule has 2 aromatic carbocycles. The minimum absolute atomic E-state index is 0.000184. The Kier molecular flexibility index (Phi) is 3.33. The number of carbonyl (C=O) groups excluding carboxylic acids is 1. The van der Waals surface area contributed by atoms with E-state index in [9.17, 15) is 13.6 Å². The zero-order valence-corrected chi connectivity index (χ0v) is 13.9. The maximum Gasteiger partial charge on any atom is 0.268 e. The molecular formula is C21H12F2N2O2. The van der Waals surface area contributed by atoms with Crippen molar-refractivity contribution in [2.75, 3.05) is 0 Å². The van der Waals surface area contributed by atoms with Gasteiger partial charge >= 0.3 is 0 Å². The third-order valence-electron chi connectivity index (χ3n) is 4.64. The molecule has 0 saturated carbocycles. The van der Waals surface area contributed by atoms with Crippen LogP contribution in [-0.4, -0.2) is 15.5 Å². The van der Waals surface area contributed by atoms with Crippen molar-refractivity contribution in [2.24, 2.45) is 0 Å². The van der Waals surface area contributed by atoms with Gasteiger partial charge in [0.15, 0.2) is 11.6 Å². The molecule has 0 saturated heterocycles. The molecule has 5 rings (SSSR count). The van der Waals surface area contributed by atoms with Gasteiger partial charge in [0, 0.05) is 11.6 Å². The predicted octanol–water partition coefficient (Wildman–Crippen LogP) is 4.56. The lowest BCUT2D eigenvalue weighted by atomic mass is 10.1. The second kappa shape index (κ2) is 5.74. The molecule has 4 nitrogen and oxygen atoms in total. The smallest absolute Gasteiger partial charge is 0.268 e. The molecule has 27 heavy (non-hydrogen) atoms. The summed E-state index contributed by atoms with van der Waals surface area (Å²) in [4.78, 5) is 17.5. The molecule has 0 spiro atoms. The molecule has 0 amide bonds. The summed E-state index contributed by atoms with van der Waals surface area (Å²) in [6.45, 7) is -0.000184. The molecule has 0 bridgehead atoms. The Hall–Kier alpha value is -3.54. The van der Waals surface area contributed by atoms with Gasteiger partial charge in [-0.3, -0.25) is 9.36 Å². The number of para-hydroxylation sites is 1. The first kappa shape index (κ1) is 15.7. The number of hydrogen-bond acceptors (Lipinski definition) is 3. The Morgan fingerprint density at radius 3 is 2.70 bits per heavy atom. The van der Waals surface area contributed by atoms with Gasteiger partial charge < -0.3 is 4.74 Å². The van der Waals surface area contributed by atoms with E-state index >= 15 is 0 Å². The maximum absolute atomic E-state index is 13.5. The van der Waals surface area contributed by atoms with Gasteiger partial charge in [0.1, 0.15) is 23.6 Å². The molecule has 1 aliphatic heterocycles. The van der Waals surface area contributed by atoms with Crippen LogP contribution in [0.3, 0.4) is 0 Å². The first-order valence-corrected chi connectivity index (χ1v) is 8.35. The molecule has 132 valence electrons. The molecule has 6 heteroatoms. The van der Waals surface area contributed by atoms with Crippen molar-refractivity contribution < 1.29 is 18.3 Å². The Labute approximate surface area is 152 Å². The normalized spacial score (nSPS) is 12.3. The number of hydrogen-bond donors (Lipinski definition) is 0. The van der Waals surface area contributed by atoms with Crippen LogP contribution in [0.15, 0.2) is 60.8 Å². The van der Waals surface area contributed by atoms with Crippen LogP contribution in [0.4, 0.5) is 8.78 Å². The zero-order chi connectivity index (χ0) is 18.5. The Balaban J connectivity index is 1.64. The summed E-state index contributed by atoms with van der Waals surface area (Å²) in [7, 11) is 0. The molecule has 0 atom stereocenters. The summed E-state index contributed by atoms with van der Waals surface area (Å²) < 4.78 is 34.1.